The van der Waals surface area contributed by atoms with Crippen molar-refractivity contribution in [2.75, 3.05) is 7.05 Å². The Balaban J connectivity index is 2.16. The summed E-state index contributed by atoms with van der Waals surface area (Å²) in [5, 5.41) is 0. The smallest absolute Gasteiger partial charge is 0.254 e. The number of halogens is 1. The highest BCUT2D eigenvalue weighted by Crippen LogP contribution is 2.26. The van der Waals surface area contributed by atoms with Crippen LogP contribution in [-0.2, 0) is 0 Å². The number of amides is 1. The van der Waals surface area contributed by atoms with Gasteiger partial charge in [0, 0.05) is 17.6 Å². The number of carbonyl (C=O) groups is 1. The van der Waals surface area contributed by atoms with Crippen LogP contribution in [0.15, 0.2) is 28.7 Å². The lowest BCUT2D eigenvalue weighted by Crippen LogP contribution is -2.41. The normalized spacial score (nSPS) is 15.9. The first-order valence-corrected chi connectivity index (χ1v) is 6.01. The molecule has 0 heterocycles. The van der Waals surface area contributed by atoms with Crippen molar-refractivity contribution in [2.45, 2.75) is 25.3 Å². The molecule has 2 nitrogen and oxygen atoms in total. The lowest BCUT2D eigenvalue weighted by Gasteiger charge is -2.34. The number of hydrogen-bond acceptors (Lipinski definition) is 1. The molecular weight excluding hydrogens is 254 g/mol. The molecule has 0 bridgehead atoms. The van der Waals surface area contributed by atoms with E-state index in [0.717, 1.165) is 22.9 Å². The highest BCUT2D eigenvalue weighted by Gasteiger charge is 2.26. The van der Waals surface area contributed by atoms with Gasteiger partial charge in [-0.05, 0) is 47.3 Å². The van der Waals surface area contributed by atoms with Gasteiger partial charge in [0.1, 0.15) is 0 Å². The highest BCUT2D eigenvalue weighted by molar-refractivity contribution is 9.10. The van der Waals surface area contributed by atoms with E-state index in [4.69, 9.17) is 0 Å². The van der Waals surface area contributed by atoms with Crippen molar-refractivity contribution in [1.82, 2.24) is 4.90 Å². The Kier molecular flexibility index (Phi) is 3.10. The zero-order chi connectivity index (χ0) is 10.8. The molecule has 0 N–H and O–H groups in total. The van der Waals surface area contributed by atoms with Crippen LogP contribution in [0.5, 0.6) is 0 Å². The fraction of sp³-hybridized carbons (Fsp3) is 0.417. The summed E-state index contributed by atoms with van der Waals surface area (Å²) in [6.45, 7) is 0. The second-order valence-corrected chi connectivity index (χ2v) is 4.83. The van der Waals surface area contributed by atoms with Crippen molar-refractivity contribution < 1.29 is 4.79 Å². The number of rotatable bonds is 2. The van der Waals surface area contributed by atoms with Crippen molar-refractivity contribution in [3.05, 3.63) is 34.3 Å². The SMILES string of the molecule is CN(C(=O)c1ccccc1Br)C1CCC1. The third kappa shape index (κ3) is 2.07. The summed E-state index contributed by atoms with van der Waals surface area (Å²) in [5.74, 6) is 0.118. The minimum atomic E-state index is 0.118. The molecule has 0 saturated heterocycles. The molecule has 1 fully saturated rings. The van der Waals surface area contributed by atoms with Crippen LogP contribution in [0.4, 0.5) is 0 Å². The lowest BCUT2D eigenvalue weighted by atomic mass is 9.91. The quantitative estimate of drug-likeness (QED) is 0.807. The molecule has 1 aliphatic rings. The first-order valence-electron chi connectivity index (χ1n) is 5.22. The fourth-order valence-electron chi connectivity index (χ4n) is 1.76. The Labute approximate surface area is 98.4 Å². The monoisotopic (exact) mass is 267 g/mol. The minimum absolute atomic E-state index is 0.118. The molecule has 0 aliphatic heterocycles. The summed E-state index contributed by atoms with van der Waals surface area (Å²) >= 11 is 3.41. The van der Waals surface area contributed by atoms with Gasteiger partial charge in [-0.1, -0.05) is 12.1 Å². The van der Waals surface area contributed by atoms with Crippen LogP contribution in [0.25, 0.3) is 0 Å². The van der Waals surface area contributed by atoms with E-state index in [9.17, 15) is 4.79 Å². The van der Waals surface area contributed by atoms with Crippen molar-refractivity contribution in [3.8, 4) is 0 Å². The Hall–Kier alpha value is -0.830. The zero-order valence-electron chi connectivity index (χ0n) is 8.74. The standard InChI is InChI=1S/C12H14BrNO/c1-14(9-5-4-6-9)12(15)10-7-2-3-8-11(10)13/h2-3,7-9H,4-6H2,1H3. The molecule has 1 saturated carbocycles. The molecule has 0 radical (unpaired) electrons. The van der Waals surface area contributed by atoms with E-state index in [2.05, 4.69) is 15.9 Å². The predicted octanol–water partition coefficient (Wildman–Crippen LogP) is 3.07. The van der Waals surface area contributed by atoms with E-state index in [1.807, 2.05) is 36.2 Å². The molecule has 1 aromatic carbocycles. The van der Waals surface area contributed by atoms with Gasteiger partial charge in [-0.15, -0.1) is 0 Å². The van der Waals surface area contributed by atoms with E-state index in [1.54, 1.807) is 0 Å². The Bertz CT molecular complexity index is 374. The number of hydrogen-bond donors (Lipinski definition) is 0. The average molecular weight is 268 g/mol. The summed E-state index contributed by atoms with van der Waals surface area (Å²) in [6.07, 6.45) is 3.54. The van der Waals surface area contributed by atoms with Gasteiger partial charge in [0.05, 0.1) is 5.56 Å². The summed E-state index contributed by atoms with van der Waals surface area (Å²) in [5.41, 5.74) is 0.756. The maximum absolute atomic E-state index is 12.1. The maximum atomic E-state index is 12.1. The van der Waals surface area contributed by atoms with Crippen LogP contribution < -0.4 is 0 Å². The molecule has 0 aromatic heterocycles. The van der Waals surface area contributed by atoms with Crippen LogP contribution in [0.2, 0.25) is 0 Å². The fourth-order valence-corrected chi connectivity index (χ4v) is 2.22. The number of nitrogens with zero attached hydrogens (tertiary/aromatic N) is 1. The van der Waals surface area contributed by atoms with Crippen LogP contribution in [0.1, 0.15) is 29.6 Å². The molecule has 2 rings (SSSR count). The van der Waals surface area contributed by atoms with E-state index in [0.29, 0.717) is 6.04 Å². The number of carbonyl (C=O) groups excluding carboxylic acids is 1. The van der Waals surface area contributed by atoms with Crippen LogP contribution in [-0.4, -0.2) is 23.9 Å². The molecule has 0 unspecified atom stereocenters. The molecule has 1 aromatic rings. The molecule has 0 atom stereocenters. The highest BCUT2D eigenvalue weighted by atomic mass is 79.9. The van der Waals surface area contributed by atoms with Gasteiger partial charge in [-0.3, -0.25) is 4.79 Å². The topological polar surface area (TPSA) is 20.3 Å². The lowest BCUT2D eigenvalue weighted by molar-refractivity contribution is 0.0651. The minimum Gasteiger partial charge on any atom is -0.339 e. The summed E-state index contributed by atoms with van der Waals surface area (Å²) in [4.78, 5) is 14.0. The molecule has 3 heteroatoms. The molecular formula is C12H14BrNO. The van der Waals surface area contributed by atoms with Crippen molar-refractivity contribution >= 4 is 21.8 Å². The van der Waals surface area contributed by atoms with Crippen molar-refractivity contribution in [3.63, 3.8) is 0 Å². The summed E-state index contributed by atoms with van der Waals surface area (Å²) in [7, 11) is 1.89. The van der Waals surface area contributed by atoms with E-state index in [-0.39, 0.29) is 5.91 Å². The van der Waals surface area contributed by atoms with Gasteiger partial charge in [-0.2, -0.15) is 0 Å². The Morgan fingerprint density at radius 1 is 1.40 bits per heavy atom. The molecule has 15 heavy (non-hydrogen) atoms. The number of benzene rings is 1. The van der Waals surface area contributed by atoms with Crippen LogP contribution in [0, 0.1) is 0 Å². The molecule has 1 amide bonds. The van der Waals surface area contributed by atoms with Gasteiger partial charge in [0.25, 0.3) is 5.91 Å². The second kappa shape index (κ2) is 4.35. The van der Waals surface area contributed by atoms with Gasteiger partial charge in [0.15, 0.2) is 0 Å². The third-order valence-corrected chi connectivity index (χ3v) is 3.74. The molecule has 80 valence electrons. The maximum Gasteiger partial charge on any atom is 0.254 e. The van der Waals surface area contributed by atoms with Crippen LogP contribution >= 0.6 is 15.9 Å². The zero-order valence-corrected chi connectivity index (χ0v) is 10.3. The van der Waals surface area contributed by atoms with Gasteiger partial charge < -0.3 is 4.90 Å². The Morgan fingerprint density at radius 2 is 2.07 bits per heavy atom. The third-order valence-electron chi connectivity index (χ3n) is 3.05. The van der Waals surface area contributed by atoms with Crippen molar-refractivity contribution in [2.24, 2.45) is 0 Å². The largest absolute Gasteiger partial charge is 0.339 e. The van der Waals surface area contributed by atoms with Gasteiger partial charge in [0.2, 0.25) is 0 Å². The molecule has 0 spiro atoms. The van der Waals surface area contributed by atoms with E-state index < -0.39 is 0 Å². The van der Waals surface area contributed by atoms with Crippen molar-refractivity contribution in [1.29, 1.82) is 0 Å². The van der Waals surface area contributed by atoms with E-state index >= 15 is 0 Å². The second-order valence-electron chi connectivity index (χ2n) is 3.98. The van der Waals surface area contributed by atoms with Crippen LogP contribution in [0.3, 0.4) is 0 Å². The van der Waals surface area contributed by atoms with Gasteiger partial charge in [-0.25, -0.2) is 0 Å². The first kappa shape index (κ1) is 10.7. The first-order chi connectivity index (χ1) is 7.20. The van der Waals surface area contributed by atoms with E-state index in [1.165, 1.54) is 6.42 Å². The average Bonchev–Trinajstić information content (AvgIpc) is 2.15. The Morgan fingerprint density at radius 3 is 2.60 bits per heavy atom. The summed E-state index contributed by atoms with van der Waals surface area (Å²) < 4.78 is 0.876. The van der Waals surface area contributed by atoms with Gasteiger partial charge >= 0.3 is 0 Å². The summed E-state index contributed by atoms with van der Waals surface area (Å²) in [6, 6.07) is 8.03. The predicted molar refractivity (Wildman–Crippen MR) is 63.9 cm³/mol. The molecule has 1 aliphatic carbocycles.